The molecule has 0 aliphatic heterocycles. The van der Waals surface area contributed by atoms with Crippen LogP contribution >= 0.6 is 0 Å². The lowest BCUT2D eigenvalue weighted by molar-refractivity contribution is 0.0601. The van der Waals surface area contributed by atoms with E-state index >= 15 is 0 Å². The molecule has 3 rings (SSSR count). The molecule has 0 aliphatic rings. The molecule has 0 amide bonds. The molecule has 2 N–H and O–H groups in total. The van der Waals surface area contributed by atoms with Gasteiger partial charge in [-0.3, -0.25) is 4.79 Å². The number of carbonyl (C=O) groups excluding carboxylic acids is 2. The number of ether oxygens (including phenoxy) is 1. The summed E-state index contributed by atoms with van der Waals surface area (Å²) in [6.07, 6.45) is 1.40. The van der Waals surface area contributed by atoms with E-state index in [1.807, 2.05) is 12.1 Å². The number of nitrogens with one attached hydrogen (secondary N) is 2. The summed E-state index contributed by atoms with van der Waals surface area (Å²) >= 11 is 0. The van der Waals surface area contributed by atoms with Gasteiger partial charge in [0.25, 0.3) is 0 Å². The Balaban J connectivity index is 1.82. The van der Waals surface area contributed by atoms with Crippen LogP contribution in [0.4, 0.5) is 23.0 Å². The first-order valence-corrected chi connectivity index (χ1v) is 8.21. The third-order valence-electron chi connectivity index (χ3n) is 3.80. The zero-order valence-electron chi connectivity index (χ0n) is 14.9. The molecule has 27 heavy (non-hydrogen) atoms. The summed E-state index contributed by atoms with van der Waals surface area (Å²) in [5.74, 6) is 0.602. The minimum Gasteiger partial charge on any atom is -0.465 e. The maximum Gasteiger partial charge on any atom is 0.339 e. The fraction of sp³-hybridized carbons (Fsp3) is 0.100. The van der Waals surface area contributed by atoms with Gasteiger partial charge in [0.15, 0.2) is 5.78 Å². The largest absolute Gasteiger partial charge is 0.465 e. The van der Waals surface area contributed by atoms with Crippen LogP contribution in [0.3, 0.4) is 0 Å². The average Bonchev–Trinajstić information content (AvgIpc) is 2.68. The van der Waals surface area contributed by atoms with Gasteiger partial charge in [0.2, 0.25) is 0 Å². The van der Waals surface area contributed by atoms with Gasteiger partial charge in [-0.2, -0.15) is 0 Å². The maximum absolute atomic E-state index is 11.9. The van der Waals surface area contributed by atoms with E-state index in [0.717, 1.165) is 5.69 Å². The molecule has 1 aromatic heterocycles. The summed E-state index contributed by atoms with van der Waals surface area (Å²) in [5, 5.41) is 6.24. The molecule has 0 atom stereocenters. The van der Waals surface area contributed by atoms with Crippen LogP contribution < -0.4 is 10.6 Å². The van der Waals surface area contributed by atoms with Crippen LogP contribution in [-0.4, -0.2) is 28.8 Å². The van der Waals surface area contributed by atoms with Gasteiger partial charge in [-0.05, 0) is 31.2 Å². The number of esters is 1. The number of benzene rings is 2. The highest BCUT2D eigenvalue weighted by Crippen LogP contribution is 2.23. The minimum atomic E-state index is -0.438. The average molecular weight is 362 g/mol. The highest BCUT2D eigenvalue weighted by molar-refractivity contribution is 5.96. The van der Waals surface area contributed by atoms with E-state index in [0.29, 0.717) is 28.5 Å². The Morgan fingerprint density at radius 2 is 1.67 bits per heavy atom. The van der Waals surface area contributed by atoms with Crippen molar-refractivity contribution in [2.45, 2.75) is 6.92 Å². The standard InChI is InChI=1S/C20H18N4O3/c1-13(25)14-6-5-7-15(10-14)23-18-11-19(22-12-21-18)24-17-9-4-3-8-16(17)20(26)27-2/h3-12H,1-2H3,(H2,21,22,23,24). The van der Waals surface area contributed by atoms with Gasteiger partial charge in [-0.1, -0.05) is 24.3 Å². The van der Waals surface area contributed by atoms with Gasteiger partial charge >= 0.3 is 5.97 Å². The number of hydrogen-bond acceptors (Lipinski definition) is 7. The molecule has 0 bridgehead atoms. The molecule has 0 spiro atoms. The topological polar surface area (TPSA) is 93.2 Å². The zero-order valence-corrected chi connectivity index (χ0v) is 14.9. The zero-order chi connectivity index (χ0) is 19.2. The summed E-state index contributed by atoms with van der Waals surface area (Å²) < 4.78 is 4.80. The smallest absolute Gasteiger partial charge is 0.339 e. The van der Waals surface area contributed by atoms with Gasteiger partial charge in [-0.15, -0.1) is 0 Å². The minimum absolute atomic E-state index is 0.0110. The molecular weight excluding hydrogens is 344 g/mol. The van der Waals surface area contributed by atoms with Gasteiger partial charge in [0.05, 0.1) is 18.4 Å². The normalized spacial score (nSPS) is 10.1. The molecule has 0 aliphatic carbocycles. The van der Waals surface area contributed by atoms with Crippen molar-refractivity contribution in [3.8, 4) is 0 Å². The Labute approximate surface area is 156 Å². The van der Waals surface area contributed by atoms with E-state index in [9.17, 15) is 9.59 Å². The number of nitrogens with zero attached hydrogens (tertiary/aromatic N) is 2. The SMILES string of the molecule is COC(=O)c1ccccc1Nc1cc(Nc2cccc(C(C)=O)c2)ncn1. The van der Waals surface area contributed by atoms with Crippen molar-refractivity contribution in [2.75, 3.05) is 17.7 Å². The van der Waals surface area contributed by atoms with E-state index < -0.39 is 5.97 Å². The summed E-state index contributed by atoms with van der Waals surface area (Å²) in [6, 6.07) is 15.8. The van der Waals surface area contributed by atoms with Crippen LogP contribution in [0, 0.1) is 0 Å². The second-order valence-electron chi connectivity index (χ2n) is 5.71. The molecule has 2 aromatic carbocycles. The van der Waals surface area contributed by atoms with E-state index in [-0.39, 0.29) is 5.78 Å². The summed E-state index contributed by atoms with van der Waals surface area (Å²) in [6.45, 7) is 1.52. The molecule has 0 unspecified atom stereocenters. The van der Waals surface area contributed by atoms with Gasteiger partial charge in [-0.25, -0.2) is 14.8 Å². The second kappa shape index (κ2) is 8.09. The summed E-state index contributed by atoms with van der Waals surface area (Å²) in [4.78, 5) is 31.8. The molecule has 0 saturated heterocycles. The number of ketones is 1. The number of anilines is 4. The van der Waals surface area contributed by atoms with Crippen molar-refractivity contribution in [2.24, 2.45) is 0 Å². The predicted molar refractivity (Wildman–Crippen MR) is 103 cm³/mol. The number of Topliss-reactive ketones (excluding diaryl/α,β-unsaturated/α-hetero) is 1. The van der Waals surface area contributed by atoms with Crippen molar-refractivity contribution < 1.29 is 14.3 Å². The van der Waals surface area contributed by atoms with Crippen molar-refractivity contribution in [3.05, 3.63) is 72.1 Å². The fourth-order valence-corrected chi connectivity index (χ4v) is 2.48. The van der Waals surface area contributed by atoms with E-state index in [2.05, 4.69) is 20.6 Å². The van der Waals surface area contributed by atoms with Gasteiger partial charge in [0.1, 0.15) is 18.0 Å². The van der Waals surface area contributed by atoms with E-state index in [4.69, 9.17) is 4.74 Å². The van der Waals surface area contributed by atoms with Crippen molar-refractivity contribution in [1.82, 2.24) is 9.97 Å². The van der Waals surface area contributed by atoms with Crippen LogP contribution in [0.5, 0.6) is 0 Å². The number of hydrogen-bond donors (Lipinski definition) is 2. The Hall–Kier alpha value is -3.74. The van der Waals surface area contributed by atoms with Crippen molar-refractivity contribution in [1.29, 1.82) is 0 Å². The number of rotatable bonds is 6. The number of methoxy groups -OCH3 is 1. The first-order chi connectivity index (χ1) is 13.1. The summed E-state index contributed by atoms with van der Waals surface area (Å²) in [7, 11) is 1.33. The summed E-state index contributed by atoms with van der Waals surface area (Å²) in [5.41, 5.74) is 2.33. The Morgan fingerprint density at radius 1 is 0.926 bits per heavy atom. The molecular formula is C20H18N4O3. The molecule has 0 radical (unpaired) electrons. The monoisotopic (exact) mass is 362 g/mol. The lowest BCUT2D eigenvalue weighted by Crippen LogP contribution is -2.06. The van der Waals surface area contributed by atoms with E-state index in [1.165, 1.54) is 20.4 Å². The fourth-order valence-electron chi connectivity index (χ4n) is 2.48. The Kier molecular flexibility index (Phi) is 5.41. The first kappa shape index (κ1) is 18.1. The lowest BCUT2D eigenvalue weighted by Gasteiger charge is -2.11. The second-order valence-corrected chi connectivity index (χ2v) is 5.71. The predicted octanol–water partition coefficient (Wildman–Crippen LogP) is 3.95. The molecule has 7 heteroatoms. The third-order valence-corrected chi connectivity index (χ3v) is 3.80. The van der Waals surface area contributed by atoms with Crippen LogP contribution in [0.15, 0.2) is 60.9 Å². The highest BCUT2D eigenvalue weighted by atomic mass is 16.5. The molecule has 0 fully saturated rings. The Bertz CT molecular complexity index is 988. The molecule has 3 aromatic rings. The van der Waals surface area contributed by atoms with Crippen molar-refractivity contribution in [3.63, 3.8) is 0 Å². The van der Waals surface area contributed by atoms with Gasteiger partial charge < -0.3 is 15.4 Å². The van der Waals surface area contributed by atoms with Crippen LogP contribution in [0.25, 0.3) is 0 Å². The van der Waals surface area contributed by atoms with Crippen LogP contribution in [0.1, 0.15) is 27.6 Å². The third kappa shape index (κ3) is 4.46. The highest BCUT2D eigenvalue weighted by Gasteiger charge is 2.12. The van der Waals surface area contributed by atoms with Gasteiger partial charge in [0, 0.05) is 17.3 Å². The Morgan fingerprint density at radius 3 is 2.41 bits per heavy atom. The van der Waals surface area contributed by atoms with Crippen LogP contribution in [0.2, 0.25) is 0 Å². The first-order valence-electron chi connectivity index (χ1n) is 8.21. The number of carbonyl (C=O) groups is 2. The quantitative estimate of drug-likeness (QED) is 0.506. The van der Waals surface area contributed by atoms with Crippen molar-refractivity contribution >= 4 is 34.8 Å². The molecule has 0 saturated carbocycles. The lowest BCUT2D eigenvalue weighted by atomic mass is 10.1. The number of aromatic nitrogens is 2. The van der Waals surface area contributed by atoms with Crippen LogP contribution in [-0.2, 0) is 4.74 Å². The maximum atomic E-state index is 11.9. The molecule has 136 valence electrons. The van der Waals surface area contributed by atoms with E-state index in [1.54, 1.807) is 42.5 Å². The number of para-hydroxylation sites is 1. The molecule has 7 nitrogen and oxygen atoms in total. The molecule has 1 heterocycles.